The number of aromatic nitrogens is 3. The maximum absolute atomic E-state index is 12.4. The number of hydrogen-bond donors (Lipinski definition) is 2. The van der Waals surface area contributed by atoms with Crippen LogP contribution in [0.2, 0.25) is 0 Å². The summed E-state index contributed by atoms with van der Waals surface area (Å²) in [5.41, 5.74) is 5.89. The zero-order chi connectivity index (χ0) is 16.2. The van der Waals surface area contributed by atoms with Crippen molar-refractivity contribution in [1.82, 2.24) is 19.7 Å². The highest BCUT2D eigenvalue weighted by atomic mass is 16.2. The molecule has 23 heavy (non-hydrogen) atoms. The van der Waals surface area contributed by atoms with E-state index < -0.39 is 0 Å². The maximum atomic E-state index is 12.4. The molecular formula is C15H18N6O2. The Hall–Kier alpha value is -2.90. The van der Waals surface area contributed by atoms with E-state index in [0.717, 1.165) is 0 Å². The highest BCUT2D eigenvalue weighted by Crippen LogP contribution is 2.20. The number of urea groups is 1. The summed E-state index contributed by atoms with van der Waals surface area (Å²) in [7, 11) is 0. The number of likely N-dealkylation sites (tertiary alicyclic amines) is 1. The van der Waals surface area contributed by atoms with Gasteiger partial charge in [-0.25, -0.2) is 14.5 Å². The summed E-state index contributed by atoms with van der Waals surface area (Å²) < 4.78 is 1.59. The number of nitrogens with zero attached hydrogens (tertiary/aromatic N) is 4. The lowest BCUT2D eigenvalue weighted by molar-refractivity contribution is -0.122. The van der Waals surface area contributed by atoms with Crippen LogP contribution in [0.25, 0.3) is 5.82 Å². The Kier molecular flexibility index (Phi) is 4.22. The third-order valence-electron chi connectivity index (χ3n) is 3.93. The highest BCUT2D eigenvalue weighted by Gasteiger charge is 2.26. The predicted molar refractivity (Wildman–Crippen MR) is 83.9 cm³/mol. The molecule has 1 aliphatic rings. The molecule has 0 aliphatic carbocycles. The van der Waals surface area contributed by atoms with Crippen LogP contribution in [0, 0.1) is 5.92 Å². The number of hydrogen-bond acceptors (Lipinski definition) is 4. The molecule has 0 bridgehead atoms. The first-order valence-electron chi connectivity index (χ1n) is 7.45. The van der Waals surface area contributed by atoms with Gasteiger partial charge in [0.2, 0.25) is 5.91 Å². The average Bonchev–Trinajstić information content (AvgIpc) is 3.09. The molecule has 3 amide bonds. The minimum atomic E-state index is -0.293. The number of rotatable bonds is 3. The Morgan fingerprint density at radius 2 is 2.00 bits per heavy atom. The standard InChI is InChI=1S/C15H18N6O2/c16-13(22)11-4-9-20(10-5-11)15(23)19-12-3-1-6-17-14(12)21-8-2-7-18-21/h1-3,6-8,11H,4-5,9-10H2,(H2,16,22)(H,19,23). The SMILES string of the molecule is NC(=O)C1CCN(C(=O)Nc2cccnc2-n2cccn2)CC1. The second kappa shape index (κ2) is 6.47. The Morgan fingerprint density at radius 1 is 1.22 bits per heavy atom. The molecule has 2 aromatic rings. The van der Waals surface area contributed by atoms with Crippen molar-refractivity contribution in [2.24, 2.45) is 11.7 Å². The Bertz CT molecular complexity index is 692. The number of primary amides is 1. The van der Waals surface area contributed by atoms with E-state index in [4.69, 9.17) is 5.73 Å². The van der Waals surface area contributed by atoms with Gasteiger partial charge >= 0.3 is 6.03 Å². The van der Waals surface area contributed by atoms with Gasteiger partial charge in [-0.1, -0.05) is 0 Å². The molecule has 1 fully saturated rings. The molecule has 120 valence electrons. The molecule has 0 atom stereocenters. The van der Waals surface area contributed by atoms with Crippen LogP contribution in [0.1, 0.15) is 12.8 Å². The van der Waals surface area contributed by atoms with Crippen molar-refractivity contribution in [3.05, 3.63) is 36.8 Å². The molecule has 8 heteroatoms. The number of piperidine rings is 1. The van der Waals surface area contributed by atoms with E-state index in [1.165, 1.54) is 0 Å². The second-order valence-electron chi connectivity index (χ2n) is 5.42. The summed E-state index contributed by atoms with van der Waals surface area (Å²) >= 11 is 0. The van der Waals surface area contributed by atoms with Crippen molar-refractivity contribution in [2.75, 3.05) is 18.4 Å². The van der Waals surface area contributed by atoms with E-state index >= 15 is 0 Å². The topological polar surface area (TPSA) is 106 Å². The fraction of sp³-hybridized carbons (Fsp3) is 0.333. The van der Waals surface area contributed by atoms with Crippen molar-refractivity contribution < 1.29 is 9.59 Å². The van der Waals surface area contributed by atoms with Crippen LogP contribution in [0.3, 0.4) is 0 Å². The third-order valence-corrected chi connectivity index (χ3v) is 3.93. The van der Waals surface area contributed by atoms with Crippen LogP contribution in [-0.2, 0) is 4.79 Å². The first kappa shape index (κ1) is 15.0. The highest BCUT2D eigenvalue weighted by molar-refractivity contribution is 5.91. The number of pyridine rings is 1. The Balaban J connectivity index is 1.69. The zero-order valence-electron chi connectivity index (χ0n) is 12.6. The van der Waals surface area contributed by atoms with Gasteiger partial charge in [0.05, 0.1) is 5.69 Å². The van der Waals surface area contributed by atoms with Crippen molar-refractivity contribution in [3.63, 3.8) is 0 Å². The summed E-state index contributed by atoms with van der Waals surface area (Å²) in [4.78, 5) is 29.5. The lowest BCUT2D eigenvalue weighted by Gasteiger charge is -2.30. The van der Waals surface area contributed by atoms with Crippen molar-refractivity contribution in [2.45, 2.75) is 12.8 Å². The summed E-state index contributed by atoms with van der Waals surface area (Å²) in [6, 6.07) is 5.10. The molecule has 1 saturated heterocycles. The fourth-order valence-corrected chi connectivity index (χ4v) is 2.63. The molecule has 3 N–H and O–H groups in total. The molecule has 3 rings (SSSR count). The molecular weight excluding hydrogens is 296 g/mol. The predicted octanol–water partition coefficient (Wildman–Crippen LogP) is 0.996. The molecule has 0 aromatic carbocycles. The van der Waals surface area contributed by atoms with E-state index in [1.54, 1.807) is 46.4 Å². The van der Waals surface area contributed by atoms with Gasteiger partial charge in [-0.15, -0.1) is 0 Å². The summed E-state index contributed by atoms with van der Waals surface area (Å²) in [5, 5.41) is 6.99. The summed E-state index contributed by atoms with van der Waals surface area (Å²) in [5.74, 6) is 0.119. The van der Waals surface area contributed by atoms with Crippen molar-refractivity contribution in [3.8, 4) is 5.82 Å². The smallest absolute Gasteiger partial charge is 0.321 e. The normalized spacial score (nSPS) is 15.4. The van der Waals surface area contributed by atoms with Crippen LogP contribution in [0.4, 0.5) is 10.5 Å². The largest absolute Gasteiger partial charge is 0.369 e. The van der Waals surface area contributed by atoms with Crippen LogP contribution in [-0.4, -0.2) is 44.7 Å². The molecule has 0 unspecified atom stereocenters. The van der Waals surface area contributed by atoms with E-state index in [-0.39, 0.29) is 17.9 Å². The molecule has 0 saturated carbocycles. The van der Waals surface area contributed by atoms with E-state index in [2.05, 4.69) is 15.4 Å². The van der Waals surface area contributed by atoms with E-state index in [1.807, 2.05) is 0 Å². The Labute approximate surface area is 133 Å². The van der Waals surface area contributed by atoms with Gasteiger partial charge < -0.3 is 16.0 Å². The monoisotopic (exact) mass is 314 g/mol. The number of nitrogens with one attached hydrogen (secondary N) is 1. The zero-order valence-corrected chi connectivity index (χ0v) is 12.6. The van der Waals surface area contributed by atoms with Gasteiger partial charge in [0.15, 0.2) is 5.82 Å². The molecule has 0 radical (unpaired) electrons. The number of nitrogens with two attached hydrogens (primary N) is 1. The van der Waals surface area contributed by atoms with Gasteiger partial charge in [-0.2, -0.15) is 5.10 Å². The van der Waals surface area contributed by atoms with Crippen molar-refractivity contribution in [1.29, 1.82) is 0 Å². The number of carbonyl (C=O) groups excluding carboxylic acids is 2. The Morgan fingerprint density at radius 3 is 2.65 bits per heavy atom. The first-order valence-corrected chi connectivity index (χ1v) is 7.45. The number of carbonyl (C=O) groups is 2. The van der Waals surface area contributed by atoms with E-state index in [0.29, 0.717) is 37.4 Å². The lowest BCUT2D eigenvalue weighted by atomic mass is 9.96. The van der Waals surface area contributed by atoms with Crippen LogP contribution >= 0.6 is 0 Å². The van der Waals surface area contributed by atoms with Gasteiger partial charge in [0.25, 0.3) is 0 Å². The average molecular weight is 314 g/mol. The summed E-state index contributed by atoms with van der Waals surface area (Å²) in [6.45, 7) is 1.02. The quantitative estimate of drug-likeness (QED) is 0.881. The van der Waals surface area contributed by atoms with Crippen molar-refractivity contribution >= 4 is 17.6 Å². The first-order chi connectivity index (χ1) is 11.1. The van der Waals surface area contributed by atoms with Gasteiger partial charge in [0.1, 0.15) is 0 Å². The lowest BCUT2D eigenvalue weighted by Crippen LogP contribution is -2.43. The van der Waals surface area contributed by atoms with Crippen LogP contribution in [0.5, 0.6) is 0 Å². The number of amides is 3. The minimum Gasteiger partial charge on any atom is -0.369 e. The molecule has 8 nitrogen and oxygen atoms in total. The van der Waals surface area contributed by atoms with Gasteiger partial charge in [-0.05, 0) is 31.0 Å². The maximum Gasteiger partial charge on any atom is 0.321 e. The molecule has 2 aromatic heterocycles. The third kappa shape index (κ3) is 3.31. The molecule has 1 aliphatic heterocycles. The minimum absolute atomic E-state index is 0.142. The second-order valence-corrected chi connectivity index (χ2v) is 5.42. The molecule has 0 spiro atoms. The van der Waals surface area contributed by atoms with Gasteiger partial charge in [-0.3, -0.25) is 4.79 Å². The number of anilines is 1. The van der Waals surface area contributed by atoms with E-state index in [9.17, 15) is 9.59 Å². The molecule has 3 heterocycles. The van der Waals surface area contributed by atoms with Gasteiger partial charge in [0, 0.05) is 37.6 Å². The summed E-state index contributed by atoms with van der Waals surface area (Å²) in [6.07, 6.45) is 6.25. The van der Waals surface area contributed by atoms with Crippen LogP contribution in [0.15, 0.2) is 36.8 Å². The van der Waals surface area contributed by atoms with Crippen LogP contribution < -0.4 is 11.1 Å². The fourth-order valence-electron chi connectivity index (χ4n) is 2.63.